The fourth-order valence-electron chi connectivity index (χ4n) is 2.79. The van der Waals surface area contributed by atoms with E-state index >= 15 is 0 Å². The first kappa shape index (κ1) is 16.3. The summed E-state index contributed by atoms with van der Waals surface area (Å²) in [7, 11) is 0. The number of carbonyl (C=O) groups excluding carboxylic acids is 1. The van der Waals surface area contributed by atoms with Crippen molar-refractivity contribution in [2.75, 3.05) is 6.54 Å². The highest BCUT2D eigenvalue weighted by molar-refractivity contribution is 5.92. The molecule has 1 amide bonds. The molecule has 2 aromatic heterocycles. The summed E-state index contributed by atoms with van der Waals surface area (Å²) >= 11 is 0. The Kier molecular flexibility index (Phi) is 4.20. The van der Waals surface area contributed by atoms with Crippen LogP contribution < -0.4 is 0 Å². The first-order chi connectivity index (χ1) is 11.4. The standard InChI is InChI=1S/C14H15F3N6O/c1-8-6-9(21-13(20-8)14(15,16)17)12(24)23-5-3-2-4-10(23)11-18-7-19-22-11/h6-7,10H,2-5H2,1H3,(H,18,19,22)/t10-/m0/s1. The van der Waals surface area contributed by atoms with Crippen molar-refractivity contribution in [2.45, 2.75) is 38.4 Å². The molecule has 3 heterocycles. The number of halogens is 3. The van der Waals surface area contributed by atoms with Gasteiger partial charge in [0.1, 0.15) is 17.8 Å². The maximum absolute atomic E-state index is 12.9. The van der Waals surface area contributed by atoms with E-state index in [2.05, 4.69) is 25.1 Å². The van der Waals surface area contributed by atoms with Crippen molar-refractivity contribution in [1.82, 2.24) is 30.0 Å². The molecule has 1 fully saturated rings. The summed E-state index contributed by atoms with van der Waals surface area (Å²) in [5.74, 6) is -1.35. The van der Waals surface area contributed by atoms with E-state index in [1.165, 1.54) is 24.2 Å². The van der Waals surface area contributed by atoms with Crippen LogP contribution in [0.5, 0.6) is 0 Å². The Morgan fingerprint density at radius 3 is 2.79 bits per heavy atom. The first-order valence-electron chi connectivity index (χ1n) is 7.45. The molecule has 0 aromatic carbocycles. The fraction of sp³-hybridized carbons (Fsp3) is 0.500. The van der Waals surface area contributed by atoms with E-state index in [1.807, 2.05) is 0 Å². The summed E-state index contributed by atoms with van der Waals surface area (Å²) in [5, 5.41) is 6.50. The lowest BCUT2D eigenvalue weighted by atomic mass is 10.0. The molecule has 7 nitrogen and oxygen atoms in total. The van der Waals surface area contributed by atoms with Crippen molar-refractivity contribution in [3.8, 4) is 0 Å². The van der Waals surface area contributed by atoms with Gasteiger partial charge in [-0.05, 0) is 32.3 Å². The third kappa shape index (κ3) is 3.22. The van der Waals surface area contributed by atoms with Crippen LogP contribution >= 0.6 is 0 Å². The van der Waals surface area contributed by atoms with E-state index in [0.717, 1.165) is 12.8 Å². The van der Waals surface area contributed by atoms with Gasteiger partial charge in [-0.3, -0.25) is 9.89 Å². The molecule has 0 spiro atoms. The molecule has 0 saturated carbocycles. The molecule has 1 N–H and O–H groups in total. The summed E-state index contributed by atoms with van der Waals surface area (Å²) in [4.78, 5) is 25.1. The van der Waals surface area contributed by atoms with Crippen molar-refractivity contribution in [3.63, 3.8) is 0 Å². The van der Waals surface area contributed by atoms with Crippen LogP contribution in [-0.2, 0) is 6.18 Å². The molecule has 2 aromatic rings. The number of aromatic amines is 1. The van der Waals surface area contributed by atoms with Crippen molar-refractivity contribution in [3.05, 3.63) is 35.4 Å². The lowest BCUT2D eigenvalue weighted by Gasteiger charge is -2.34. The molecule has 1 saturated heterocycles. The van der Waals surface area contributed by atoms with Gasteiger partial charge in [0.05, 0.1) is 6.04 Å². The Bertz CT molecular complexity index is 731. The van der Waals surface area contributed by atoms with Gasteiger partial charge < -0.3 is 4.90 Å². The number of aryl methyl sites for hydroxylation is 1. The maximum atomic E-state index is 12.9. The van der Waals surface area contributed by atoms with E-state index in [4.69, 9.17) is 0 Å². The number of H-pyrrole nitrogens is 1. The van der Waals surface area contributed by atoms with Gasteiger partial charge >= 0.3 is 6.18 Å². The molecule has 3 rings (SSSR count). The topological polar surface area (TPSA) is 87.7 Å². The predicted molar refractivity (Wildman–Crippen MR) is 75.8 cm³/mol. The van der Waals surface area contributed by atoms with E-state index < -0.39 is 17.9 Å². The highest BCUT2D eigenvalue weighted by atomic mass is 19.4. The van der Waals surface area contributed by atoms with Gasteiger partial charge in [0.15, 0.2) is 0 Å². The molecule has 1 atom stereocenters. The average Bonchev–Trinajstić information content (AvgIpc) is 3.07. The summed E-state index contributed by atoms with van der Waals surface area (Å²) in [6.07, 6.45) is -1.04. The molecular weight excluding hydrogens is 325 g/mol. The van der Waals surface area contributed by atoms with Crippen LogP contribution in [0.15, 0.2) is 12.4 Å². The summed E-state index contributed by atoms with van der Waals surface area (Å²) in [5.41, 5.74) is -0.171. The number of hydrogen-bond donors (Lipinski definition) is 1. The second-order valence-corrected chi connectivity index (χ2v) is 5.60. The minimum Gasteiger partial charge on any atom is -0.327 e. The third-order valence-corrected chi connectivity index (χ3v) is 3.84. The molecule has 128 valence electrons. The van der Waals surface area contributed by atoms with Gasteiger partial charge in [-0.25, -0.2) is 15.0 Å². The molecular formula is C14H15F3N6O. The minimum atomic E-state index is -4.70. The monoisotopic (exact) mass is 340 g/mol. The lowest BCUT2D eigenvalue weighted by Crippen LogP contribution is -2.39. The van der Waals surface area contributed by atoms with Crippen molar-refractivity contribution in [2.24, 2.45) is 0 Å². The highest BCUT2D eigenvalue weighted by Gasteiger charge is 2.37. The molecule has 1 aliphatic heterocycles. The molecule has 10 heteroatoms. The number of amides is 1. The van der Waals surface area contributed by atoms with Gasteiger partial charge in [0, 0.05) is 12.2 Å². The molecule has 0 aliphatic carbocycles. The first-order valence-corrected chi connectivity index (χ1v) is 7.45. The second-order valence-electron chi connectivity index (χ2n) is 5.60. The molecule has 0 bridgehead atoms. The Labute approximate surface area is 135 Å². The Hall–Kier alpha value is -2.52. The smallest absolute Gasteiger partial charge is 0.327 e. The van der Waals surface area contributed by atoms with Crippen molar-refractivity contribution < 1.29 is 18.0 Å². The number of alkyl halides is 3. The fourth-order valence-corrected chi connectivity index (χ4v) is 2.79. The summed E-state index contributed by atoms with van der Waals surface area (Å²) in [6.45, 7) is 1.83. The quantitative estimate of drug-likeness (QED) is 0.906. The largest absolute Gasteiger partial charge is 0.451 e. The second kappa shape index (κ2) is 6.17. The number of likely N-dealkylation sites (tertiary alicyclic amines) is 1. The Morgan fingerprint density at radius 1 is 1.33 bits per heavy atom. The number of hydrogen-bond acceptors (Lipinski definition) is 5. The Morgan fingerprint density at radius 2 is 2.12 bits per heavy atom. The van der Waals surface area contributed by atoms with Crippen molar-refractivity contribution in [1.29, 1.82) is 0 Å². The van der Waals surface area contributed by atoms with Gasteiger partial charge in [-0.1, -0.05) is 0 Å². The molecule has 0 unspecified atom stereocenters. The van der Waals surface area contributed by atoms with Crippen LogP contribution in [0.4, 0.5) is 13.2 Å². The number of nitrogens with zero attached hydrogens (tertiary/aromatic N) is 5. The van der Waals surface area contributed by atoms with E-state index in [9.17, 15) is 18.0 Å². The van der Waals surface area contributed by atoms with Crippen molar-refractivity contribution >= 4 is 5.91 Å². The molecule has 0 radical (unpaired) electrons. The average molecular weight is 340 g/mol. The van der Waals surface area contributed by atoms with E-state index in [0.29, 0.717) is 18.8 Å². The number of aromatic nitrogens is 5. The summed E-state index contributed by atoms with van der Waals surface area (Å²) < 4.78 is 38.6. The van der Waals surface area contributed by atoms with Gasteiger partial charge in [0.25, 0.3) is 5.91 Å². The van der Waals surface area contributed by atoms with Gasteiger partial charge in [-0.15, -0.1) is 0 Å². The normalized spacial score (nSPS) is 18.7. The van der Waals surface area contributed by atoms with E-state index in [-0.39, 0.29) is 17.4 Å². The maximum Gasteiger partial charge on any atom is 0.451 e. The van der Waals surface area contributed by atoms with Crippen LogP contribution in [0.2, 0.25) is 0 Å². The Balaban J connectivity index is 1.94. The van der Waals surface area contributed by atoms with E-state index in [1.54, 1.807) is 0 Å². The highest BCUT2D eigenvalue weighted by Crippen LogP contribution is 2.31. The number of rotatable bonds is 2. The van der Waals surface area contributed by atoms with Crippen LogP contribution in [-0.4, -0.2) is 42.5 Å². The molecule has 1 aliphatic rings. The SMILES string of the molecule is Cc1cc(C(=O)N2CCCC[C@H]2c2ncn[nH]2)nc(C(F)(F)F)n1. The summed E-state index contributed by atoms with van der Waals surface area (Å²) in [6, 6.07) is 0.919. The number of piperidine rings is 1. The van der Waals surface area contributed by atoms with Crippen LogP contribution in [0, 0.1) is 6.92 Å². The number of nitrogens with one attached hydrogen (secondary N) is 1. The zero-order valence-corrected chi connectivity index (χ0v) is 12.8. The molecule has 24 heavy (non-hydrogen) atoms. The third-order valence-electron chi connectivity index (χ3n) is 3.84. The van der Waals surface area contributed by atoms with Gasteiger partial charge in [-0.2, -0.15) is 18.3 Å². The van der Waals surface area contributed by atoms with Crippen LogP contribution in [0.3, 0.4) is 0 Å². The van der Waals surface area contributed by atoms with Crippen LogP contribution in [0.1, 0.15) is 53.1 Å². The van der Waals surface area contributed by atoms with Crippen LogP contribution in [0.25, 0.3) is 0 Å². The predicted octanol–water partition coefficient (Wildman–Crippen LogP) is 2.29. The zero-order valence-electron chi connectivity index (χ0n) is 12.8. The minimum absolute atomic E-state index is 0.0916. The zero-order chi connectivity index (χ0) is 17.3. The van der Waals surface area contributed by atoms with Gasteiger partial charge in [0.2, 0.25) is 5.82 Å². The lowest BCUT2D eigenvalue weighted by molar-refractivity contribution is -0.145. The number of carbonyl (C=O) groups is 1.